The lowest BCUT2D eigenvalue weighted by Crippen LogP contribution is -2.63. The molecule has 6 heteroatoms. The molecular formula is C22H28N2O4. The van der Waals surface area contributed by atoms with Crippen molar-refractivity contribution in [3.63, 3.8) is 0 Å². The van der Waals surface area contributed by atoms with Gasteiger partial charge >= 0.3 is 5.97 Å². The Morgan fingerprint density at radius 2 is 2.14 bits per heavy atom. The average molecular weight is 384 g/mol. The number of benzene rings is 1. The van der Waals surface area contributed by atoms with E-state index in [9.17, 15) is 15.0 Å². The van der Waals surface area contributed by atoms with Gasteiger partial charge in [0.1, 0.15) is 11.1 Å². The number of methoxy groups -OCH3 is 1. The highest BCUT2D eigenvalue weighted by Gasteiger charge is 2.75. The Morgan fingerprint density at radius 1 is 1.39 bits per heavy atom. The van der Waals surface area contributed by atoms with E-state index >= 15 is 0 Å². The van der Waals surface area contributed by atoms with Gasteiger partial charge in [-0.3, -0.25) is 9.69 Å². The SMILES string of the molecule is C/C=C1/CN2C[C@H]3C4c5ccccc5N(C)C42C(O)C[C@H]1C3(CO)C(=O)OC. The molecule has 4 fully saturated rings. The molecule has 5 unspecified atom stereocenters. The smallest absolute Gasteiger partial charge is 0.315 e. The number of fused-ring (bicyclic) bond motifs is 3. The Balaban J connectivity index is 1.84. The number of ether oxygens (including phenoxy) is 1. The number of allylic oxidation sites excluding steroid dienone is 1. The summed E-state index contributed by atoms with van der Waals surface area (Å²) in [5, 5.41) is 22.3. The van der Waals surface area contributed by atoms with Crippen LogP contribution in [0.2, 0.25) is 0 Å². The molecule has 150 valence electrons. The van der Waals surface area contributed by atoms with Crippen LogP contribution >= 0.6 is 0 Å². The lowest BCUT2D eigenvalue weighted by molar-refractivity contribution is -0.164. The van der Waals surface area contributed by atoms with E-state index in [2.05, 4.69) is 35.1 Å². The normalized spacial score (nSPS) is 44.4. The summed E-state index contributed by atoms with van der Waals surface area (Å²) in [5.74, 6) is -0.775. The van der Waals surface area contributed by atoms with E-state index < -0.39 is 17.2 Å². The summed E-state index contributed by atoms with van der Waals surface area (Å²) in [5.41, 5.74) is 1.72. The van der Waals surface area contributed by atoms with E-state index in [0.29, 0.717) is 19.5 Å². The Bertz CT molecular complexity index is 870. The number of hydrogen-bond acceptors (Lipinski definition) is 6. The van der Waals surface area contributed by atoms with E-state index in [1.165, 1.54) is 7.11 Å². The Morgan fingerprint density at radius 3 is 2.82 bits per heavy atom. The summed E-state index contributed by atoms with van der Waals surface area (Å²) in [6.07, 6.45) is 1.86. The molecule has 7 atom stereocenters. The second-order valence-electron chi connectivity index (χ2n) is 8.72. The second kappa shape index (κ2) is 5.81. The average Bonchev–Trinajstić information content (AvgIpc) is 3.04. The van der Waals surface area contributed by atoms with E-state index in [0.717, 1.165) is 16.8 Å². The zero-order chi connectivity index (χ0) is 19.8. The molecule has 2 N–H and O–H groups in total. The molecular weight excluding hydrogens is 356 g/mol. The van der Waals surface area contributed by atoms with Gasteiger partial charge in [0.05, 0.1) is 19.8 Å². The number of hydrogen-bond donors (Lipinski definition) is 2. The summed E-state index contributed by atoms with van der Waals surface area (Å²) in [6.45, 7) is 3.06. The van der Waals surface area contributed by atoms with Gasteiger partial charge < -0.3 is 19.8 Å². The van der Waals surface area contributed by atoms with Gasteiger partial charge in [-0.1, -0.05) is 29.8 Å². The molecule has 3 saturated heterocycles. The zero-order valence-electron chi connectivity index (χ0n) is 16.6. The number of esters is 1. The highest BCUT2D eigenvalue weighted by molar-refractivity contribution is 5.80. The van der Waals surface area contributed by atoms with Crippen LogP contribution < -0.4 is 4.90 Å². The highest BCUT2D eigenvalue weighted by Crippen LogP contribution is 2.68. The van der Waals surface area contributed by atoms with E-state index in [1.54, 1.807) is 0 Å². The lowest BCUT2D eigenvalue weighted by atomic mass is 9.61. The van der Waals surface area contributed by atoms with Gasteiger partial charge in [-0.05, 0) is 25.0 Å². The van der Waals surface area contributed by atoms with Crippen molar-refractivity contribution in [2.75, 3.05) is 38.8 Å². The first-order valence-electron chi connectivity index (χ1n) is 10.1. The van der Waals surface area contributed by atoms with Crippen molar-refractivity contribution >= 4 is 11.7 Å². The summed E-state index contributed by atoms with van der Waals surface area (Å²) >= 11 is 0. The van der Waals surface area contributed by atoms with Crippen molar-refractivity contribution in [2.45, 2.75) is 31.0 Å². The van der Waals surface area contributed by atoms with Crippen LogP contribution in [0.3, 0.4) is 0 Å². The lowest BCUT2D eigenvalue weighted by Gasteiger charge is -2.47. The molecule has 1 aliphatic carbocycles. The molecule has 1 aromatic rings. The topological polar surface area (TPSA) is 73.2 Å². The number of aliphatic hydroxyl groups is 2. The van der Waals surface area contributed by atoms with E-state index in [-0.39, 0.29) is 30.3 Å². The van der Waals surface area contributed by atoms with Crippen LogP contribution in [0, 0.1) is 17.3 Å². The number of carbonyl (C=O) groups is 1. The first kappa shape index (κ1) is 18.2. The fraction of sp³-hybridized carbons (Fsp3) is 0.591. The van der Waals surface area contributed by atoms with Gasteiger partial charge in [0.15, 0.2) is 0 Å². The largest absolute Gasteiger partial charge is 0.468 e. The van der Waals surface area contributed by atoms with Crippen LogP contribution in [-0.2, 0) is 9.53 Å². The van der Waals surface area contributed by atoms with Gasteiger partial charge in [0.2, 0.25) is 0 Å². The Labute approximate surface area is 165 Å². The quantitative estimate of drug-likeness (QED) is 0.592. The van der Waals surface area contributed by atoms with Crippen molar-refractivity contribution in [1.29, 1.82) is 0 Å². The molecule has 0 aromatic heterocycles. The van der Waals surface area contributed by atoms with Gasteiger partial charge in [-0.15, -0.1) is 0 Å². The molecule has 5 aliphatic rings. The van der Waals surface area contributed by atoms with Crippen LogP contribution in [0.1, 0.15) is 24.8 Å². The number of nitrogens with zero attached hydrogens (tertiary/aromatic N) is 2. The maximum atomic E-state index is 13.3. The second-order valence-corrected chi connectivity index (χ2v) is 8.72. The summed E-state index contributed by atoms with van der Waals surface area (Å²) in [4.78, 5) is 17.8. The van der Waals surface area contributed by atoms with Gasteiger partial charge in [0, 0.05) is 43.6 Å². The molecule has 6 rings (SSSR count). The molecule has 4 heterocycles. The molecule has 0 amide bonds. The molecule has 28 heavy (non-hydrogen) atoms. The number of anilines is 1. The number of aliphatic hydroxyl groups excluding tert-OH is 2. The number of likely N-dealkylation sites (N-methyl/N-ethyl adjacent to an activating group) is 1. The number of para-hydroxylation sites is 1. The molecule has 1 spiro atoms. The molecule has 1 aromatic carbocycles. The third-order valence-electron chi connectivity index (χ3n) is 8.21. The predicted molar refractivity (Wildman–Crippen MR) is 105 cm³/mol. The van der Waals surface area contributed by atoms with E-state index in [1.807, 2.05) is 19.1 Å². The van der Waals surface area contributed by atoms with Crippen molar-refractivity contribution in [3.8, 4) is 0 Å². The third kappa shape index (κ3) is 1.74. The third-order valence-corrected chi connectivity index (χ3v) is 8.21. The van der Waals surface area contributed by atoms with Gasteiger partial charge in [0.25, 0.3) is 0 Å². The number of rotatable bonds is 2. The standard InChI is InChI=1S/C22H28N2O4/c1-4-13-10-24-11-16-19-14-7-5-6-8-17(14)23(2)22(19,24)18(26)9-15(13)21(16,12-25)20(27)28-3/h4-8,15-16,18-19,25-26H,9-12H2,1-3H3/b13-4-/t15-,16+,18?,19?,21?,22?/m1/s1. The van der Waals surface area contributed by atoms with Crippen LogP contribution in [0.4, 0.5) is 5.69 Å². The van der Waals surface area contributed by atoms with Crippen molar-refractivity contribution in [1.82, 2.24) is 4.90 Å². The minimum atomic E-state index is -1.05. The molecule has 0 radical (unpaired) electrons. The van der Waals surface area contributed by atoms with E-state index in [4.69, 9.17) is 4.74 Å². The van der Waals surface area contributed by atoms with Gasteiger partial charge in [-0.25, -0.2) is 0 Å². The Hall–Kier alpha value is -1.89. The monoisotopic (exact) mass is 384 g/mol. The summed E-state index contributed by atoms with van der Waals surface area (Å²) in [6, 6.07) is 8.23. The highest BCUT2D eigenvalue weighted by atomic mass is 16.5. The first-order chi connectivity index (χ1) is 13.5. The Kier molecular flexibility index (Phi) is 3.77. The van der Waals surface area contributed by atoms with Crippen LogP contribution in [0.5, 0.6) is 0 Å². The summed E-state index contributed by atoms with van der Waals surface area (Å²) < 4.78 is 5.29. The molecule has 1 saturated carbocycles. The predicted octanol–water partition coefficient (Wildman–Crippen LogP) is 1.34. The maximum absolute atomic E-state index is 13.3. The zero-order valence-corrected chi connectivity index (χ0v) is 16.6. The number of carbonyl (C=O) groups excluding carboxylic acids is 1. The van der Waals surface area contributed by atoms with Crippen molar-refractivity contribution in [2.24, 2.45) is 17.3 Å². The maximum Gasteiger partial charge on any atom is 0.315 e. The van der Waals surface area contributed by atoms with Gasteiger partial charge in [-0.2, -0.15) is 0 Å². The van der Waals surface area contributed by atoms with Crippen molar-refractivity contribution in [3.05, 3.63) is 41.5 Å². The molecule has 4 aliphatic heterocycles. The minimum absolute atomic E-state index is 0.0571. The first-order valence-corrected chi connectivity index (χ1v) is 10.1. The van der Waals surface area contributed by atoms with Crippen LogP contribution in [-0.4, -0.2) is 66.7 Å². The summed E-state index contributed by atoms with van der Waals surface area (Å²) in [7, 11) is 3.46. The molecule has 6 nitrogen and oxygen atoms in total. The fourth-order valence-electron chi connectivity index (χ4n) is 7.14. The molecule has 4 bridgehead atoms. The van der Waals surface area contributed by atoms with Crippen LogP contribution in [0.25, 0.3) is 0 Å². The van der Waals surface area contributed by atoms with Crippen LogP contribution in [0.15, 0.2) is 35.9 Å². The fourth-order valence-corrected chi connectivity index (χ4v) is 7.14. The minimum Gasteiger partial charge on any atom is -0.468 e. The van der Waals surface area contributed by atoms with Crippen molar-refractivity contribution < 1.29 is 19.7 Å².